The molecule has 2 aromatic rings. The number of halogens is 1. The molecule has 3 heteroatoms. The number of thioether (sulfide) groups is 1. The molecule has 0 unspecified atom stereocenters. The molecule has 0 saturated carbocycles. The Hall–Kier alpha value is -0.570. The number of hydrogen-bond donors (Lipinski definition) is 0. The molecule has 0 aliphatic rings. The lowest BCUT2D eigenvalue weighted by atomic mass is 10.2. The first-order valence-corrected chi connectivity index (χ1v) is 7.88. The van der Waals surface area contributed by atoms with Crippen LogP contribution in [0.5, 0.6) is 0 Å². The number of hydrogen-bond acceptors (Lipinski definition) is 2. The van der Waals surface area contributed by atoms with Crippen molar-refractivity contribution in [3.05, 3.63) is 59.1 Å². The molecular weight excluding hydrogens is 268 g/mol. The number of rotatable bonds is 4. The summed E-state index contributed by atoms with van der Waals surface area (Å²) in [5, 5.41) is 0.784. The van der Waals surface area contributed by atoms with Crippen LogP contribution < -0.4 is 0 Å². The maximum atomic E-state index is 5.88. The third kappa shape index (κ3) is 3.70. The molecule has 0 N–H and O–H groups in total. The lowest BCUT2D eigenvalue weighted by Crippen LogP contribution is -1.84. The van der Waals surface area contributed by atoms with E-state index in [-0.39, 0.29) is 0 Å². The molecule has 0 heterocycles. The zero-order valence-electron chi connectivity index (χ0n) is 9.52. The molecule has 17 heavy (non-hydrogen) atoms. The number of benzene rings is 2. The van der Waals surface area contributed by atoms with Crippen molar-refractivity contribution < 1.29 is 0 Å². The molecule has 0 aliphatic heterocycles. The minimum atomic E-state index is 0.784. The van der Waals surface area contributed by atoms with Crippen molar-refractivity contribution in [3.8, 4) is 0 Å². The van der Waals surface area contributed by atoms with Gasteiger partial charge in [-0.25, -0.2) is 0 Å². The second-order valence-corrected chi connectivity index (χ2v) is 6.01. The predicted molar refractivity (Wildman–Crippen MR) is 79.2 cm³/mol. The average molecular weight is 281 g/mol. The van der Waals surface area contributed by atoms with Crippen molar-refractivity contribution in [2.45, 2.75) is 15.5 Å². The van der Waals surface area contributed by atoms with Gasteiger partial charge in [-0.3, -0.25) is 0 Å². The van der Waals surface area contributed by atoms with Crippen LogP contribution in [0.1, 0.15) is 5.56 Å². The SMILES string of the molecule is CSCc1ccccc1Sc1ccc(Cl)cc1. The van der Waals surface area contributed by atoms with Gasteiger partial charge in [0.05, 0.1) is 0 Å². The van der Waals surface area contributed by atoms with Crippen molar-refractivity contribution >= 4 is 35.1 Å². The van der Waals surface area contributed by atoms with Gasteiger partial charge >= 0.3 is 0 Å². The zero-order chi connectivity index (χ0) is 12.1. The van der Waals surface area contributed by atoms with E-state index in [0.29, 0.717) is 0 Å². The molecule has 0 bridgehead atoms. The summed E-state index contributed by atoms with van der Waals surface area (Å²) in [6.45, 7) is 0. The molecular formula is C14H13ClS2. The van der Waals surface area contributed by atoms with E-state index in [0.717, 1.165) is 10.8 Å². The van der Waals surface area contributed by atoms with Crippen LogP contribution in [-0.4, -0.2) is 6.26 Å². The first kappa shape index (κ1) is 12.9. The third-order valence-electron chi connectivity index (χ3n) is 2.31. The van der Waals surface area contributed by atoms with Crippen LogP contribution in [0.15, 0.2) is 58.3 Å². The maximum Gasteiger partial charge on any atom is 0.0406 e. The summed E-state index contributed by atoms with van der Waals surface area (Å²) >= 11 is 9.52. The van der Waals surface area contributed by atoms with Gasteiger partial charge in [0.15, 0.2) is 0 Å². The van der Waals surface area contributed by atoms with Crippen molar-refractivity contribution in [1.29, 1.82) is 0 Å². The van der Waals surface area contributed by atoms with E-state index in [9.17, 15) is 0 Å². The Morgan fingerprint density at radius 2 is 1.71 bits per heavy atom. The first-order valence-electron chi connectivity index (χ1n) is 5.30. The maximum absolute atomic E-state index is 5.88. The van der Waals surface area contributed by atoms with E-state index in [2.05, 4.69) is 42.7 Å². The predicted octanol–water partition coefficient (Wildman–Crippen LogP) is 5.35. The second kappa shape index (κ2) is 6.39. The fourth-order valence-electron chi connectivity index (χ4n) is 1.51. The fraction of sp³-hybridized carbons (Fsp3) is 0.143. The van der Waals surface area contributed by atoms with Crippen LogP contribution in [0.4, 0.5) is 0 Å². The lowest BCUT2D eigenvalue weighted by Gasteiger charge is -2.07. The quantitative estimate of drug-likeness (QED) is 0.740. The topological polar surface area (TPSA) is 0 Å². The van der Waals surface area contributed by atoms with E-state index in [4.69, 9.17) is 11.6 Å². The highest BCUT2D eigenvalue weighted by atomic mass is 35.5. The summed E-state index contributed by atoms with van der Waals surface area (Å²) < 4.78 is 0. The van der Waals surface area contributed by atoms with Gasteiger partial charge in [-0.2, -0.15) is 11.8 Å². The molecule has 0 nitrogen and oxygen atoms in total. The van der Waals surface area contributed by atoms with E-state index >= 15 is 0 Å². The van der Waals surface area contributed by atoms with Gasteiger partial charge in [0.2, 0.25) is 0 Å². The molecule has 0 atom stereocenters. The van der Waals surface area contributed by atoms with E-state index in [1.807, 2.05) is 23.9 Å². The molecule has 0 fully saturated rings. The van der Waals surface area contributed by atoms with Crippen molar-refractivity contribution in [3.63, 3.8) is 0 Å². The highest BCUT2D eigenvalue weighted by Gasteiger charge is 2.03. The minimum absolute atomic E-state index is 0.784. The monoisotopic (exact) mass is 280 g/mol. The lowest BCUT2D eigenvalue weighted by molar-refractivity contribution is 1.26. The third-order valence-corrected chi connectivity index (χ3v) is 4.29. The summed E-state index contributed by atoms with van der Waals surface area (Å²) in [6.07, 6.45) is 2.13. The molecule has 2 aromatic carbocycles. The Balaban J connectivity index is 2.20. The van der Waals surface area contributed by atoms with Gasteiger partial charge in [-0.15, -0.1) is 0 Å². The largest absolute Gasteiger partial charge is 0.161 e. The Morgan fingerprint density at radius 1 is 1.00 bits per heavy atom. The van der Waals surface area contributed by atoms with Gasteiger partial charge < -0.3 is 0 Å². The molecule has 0 saturated heterocycles. The standard InChI is InChI=1S/C14H13ClS2/c1-16-10-11-4-2-3-5-14(11)17-13-8-6-12(15)7-9-13/h2-9H,10H2,1H3. The molecule has 2 rings (SSSR count). The van der Waals surface area contributed by atoms with E-state index < -0.39 is 0 Å². The Bertz CT molecular complexity index is 480. The van der Waals surface area contributed by atoms with Gasteiger partial charge in [0.25, 0.3) is 0 Å². The fourth-order valence-corrected chi connectivity index (χ4v) is 3.23. The zero-order valence-corrected chi connectivity index (χ0v) is 11.9. The van der Waals surface area contributed by atoms with Crippen molar-refractivity contribution in [2.75, 3.05) is 6.26 Å². The van der Waals surface area contributed by atoms with E-state index in [1.165, 1.54) is 15.4 Å². The van der Waals surface area contributed by atoms with E-state index in [1.54, 1.807) is 11.8 Å². The molecule has 0 radical (unpaired) electrons. The summed E-state index contributed by atoms with van der Waals surface area (Å²) in [7, 11) is 0. The van der Waals surface area contributed by atoms with Crippen LogP contribution in [0.25, 0.3) is 0 Å². The molecule has 0 spiro atoms. The second-order valence-electron chi connectivity index (χ2n) is 3.60. The first-order chi connectivity index (χ1) is 8.29. The summed E-state index contributed by atoms with van der Waals surface area (Å²) in [4.78, 5) is 2.55. The van der Waals surface area contributed by atoms with Crippen LogP contribution in [0.3, 0.4) is 0 Å². The van der Waals surface area contributed by atoms with Crippen LogP contribution in [0, 0.1) is 0 Å². The van der Waals surface area contributed by atoms with Crippen LogP contribution >= 0.6 is 35.1 Å². The summed E-state index contributed by atoms with van der Waals surface area (Å²) in [5.41, 5.74) is 1.39. The van der Waals surface area contributed by atoms with Crippen LogP contribution in [-0.2, 0) is 5.75 Å². The molecule has 0 aromatic heterocycles. The van der Waals surface area contributed by atoms with Gasteiger partial charge in [-0.05, 0) is 42.2 Å². The van der Waals surface area contributed by atoms with Gasteiger partial charge in [0.1, 0.15) is 0 Å². The Labute approximate surface area is 116 Å². The molecule has 88 valence electrons. The Kier molecular flexibility index (Phi) is 4.84. The Morgan fingerprint density at radius 3 is 2.41 bits per heavy atom. The van der Waals surface area contributed by atoms with Gasteiger partial charge in [-0.1, -0.05) is 41.6 Å². The highest BCUT2D eigenvalue weighted by Crippen LogP contribution is 2.32. The molecule has 0 aliphatic carbocycles. The van der Waals surface area contributed by atoms with Crippen molar-refractivity contribution in [2.24, 2.45) is 0 Å². The minimum Gasteiger partial charge on any atom is -0.161 e. The van der Waals surface area contributed by atoms with Crippen LogP contribution in [0.2, 0.25) is 5.02 Å². The van der Waals surface area contributed by atoms with Crippen molar-refractivity contribution in [1.82, 2.24) is 0 Å². The summed E-state index contributed by atoms with van der Waals surface area (Å²) in [6, 6.07) is 16.5. The molecule has 0 amide bonds. The van der Waals surface area contributed by atoms with Gasteiger partial charge in [0, 0.05) is 20.6 Å². The smallest absolute Gasteiger partial charge is 0.0406 e. The average Bonchev–Trinajstić information content (AvgIpc) is 2.35. The summed E-state index contributed by atoms with van der Waals surface area (Å²) in [5.74, 6) is 1.05. The normalized spacial score (nSPS) is 10.5. The highest BCUT2D eigenvalue weighted by molar-refractivity contribution is 7.99.